The quantitative estimate of drug-likeness (QED) is 0.837. The summed E-state index contributed by atoms with van der Waals surface area (Å²) >= 11 is 8.44. The van der Waals surface area contributed by atoms with Crippen LogP contribution in [-0.2, 0) is 0 Å². The SMILES string of the molecule is CC(C)CC(C)Oc1cc(Br)ccc1C(N)=S. The Balaban J connectivity index is 2.88. The van der Waals surface area contributed by atoms with Crippen molar-refractivity contribution in [2.75, 3.05) is 0 Å². The average Bonchev–Trinajstić information content (AvgIpc) is 2.15. The maximum atomic E-state index is 5.90. The highest BCUT2D eigenvalue weighted by Crippen LogP contribution is 2.25. The van der Waals surface area contributed by atoms with Gasteiger partial charge in [0.05, 0.1) is 11.7 Å². The molecule has 1 aromatic carbocycles. The highest BCUT2D eigenvalue weighted by Gasteiger charge is 2.12. The molecule has 2 nitrogen and oxygen atoms in total. The van der Waals surface area contributed by atoms with E-state index in [-0.39, 0.29) is 6.10 Å². The fourth-order valence-corrected chi connectivity index (χ4v) is 2.23. The number of nitrogens with two attached hydrogens (primary N) is 1. The van der Waals surface area contributed by atoms with Crippen molar-refractivity contribution in [2.45, 2.75) is 33.3 Å². The van der Waals surface area contributed by atoms with E-state index in [0.29, 0.717) is 10.9 Å². The molecule has 0 aliphatic carbocycles. The van der Waals surface area contributed by atoms with E-state index in [0.717, 1.165) is 22.2 Å². The van der Waals surface area contributed by atoms with E-state index in [4.69, 9.17) is 22.7 Å². The minimum atomic E-state index is 0.150. The van der Waals surface area contributed by atoms with Gasteiger partial charge in [-0.1, -0.05) is 42.0 Å². The molecule has 0 spiro atoms. The summed E-state index contributed by atoms with van der Waals surface area (Å²) in [5.74, 6) is 1.35. The largest absolute Gasteiger partial charge is 0.490 e. The Morgan fingerprint density at radius 1 is 1.41 bits per heavy atom. The molecule has 4 heteroatoms. The van der Waals surface area contributed by atoms with Crippen LogP contribution in [0.15, 0.2) is 22.7 Å². The second-order valence-electron chi connectivity index (χ2n) is 4.56. The number of rotatable bonds is 5. The molecular formula is C13H18BrNOS. The highest BCUT2D eigenvalue weighted by atomic mass is 79.9. The zero-order valence-corrected chi connectivity index (χ0v) is 12.8. The molecule has 0 bridgehead atoms. The minimum Gasteiger partial charge on any atom is -0.490 e. The Hall–Kier alpha value is -0.610. The molecule has 1 aromatic rings. The molecule has 1 unspecified atom stereocenters. The first-order valence-electron chi connectivity index (χ1n) is 5.66. The molecule has 1 rings (SSSR count). The van der Waals surface area contributed by atoms with E-state index in [9.17, 15) is 0 Å². The van der Waals surface area contributed by atoms with Crippen LogP contribution >= 0.6 is 28.1 Å². The van der Waals surface area contributed by atoms with Crippen LogP contribution in [-0.4, -0.2) is 11.1 Å². The molecule has 0 aliphatic rings. The summed E-state index contributed by atoms with van der Waals surface area (Å²) in [6, 6.07) is 5.70. The smallest absolute Gasteiger partial charge is 0.130 e. The molecule has 0 heterocycles. The van der Waals surface area contributed by atoms with Crippen LogP contribution in [0.2, 0.25) is 0 Å². The Bertz CT molecular complexity index is 406. The van der Waals surface area contributed by atoms with Gasteiger partial charge in [0.2, 0.25) is 0 Å². The normalized spacial score (nSPS) is 12.5. The summed E-state index contributed by atoms with van der Waals surface area (Å²) in [5, 5.41) is 0. The van der Waals surface area contributed by atoms with Gasteiger partial charge in [-0.3, -0.25) is 0 Å². The van der Waals surface area contributed by atoms with Crippen LogP contribution < -0.4 is 10.5 Å². The average molecular weight is 316 g/mol. The Labute approximate surface area is 117 Å². The molecule has 0 fully saturated rings. The fraction of sp³-hybridized carbons (Fsp3) is 0.462. The second kappa shape index (κ2) is 6.36. The van der Waals surface area contributed by atoms with Gasteiger partial charge in [-0.25, -0.2) is 0 Å². The summed E-state index contributed by atoms with van der Waals surface area (Å²) < 4.78 is 6.86. The molecule has 94 valence electrons. The highest BCUT2D eigenvalue weighted by molar-refractivity contribution is 9.10. The monoisotopic (exact) mass is 315 g/mol. The molecule has 1 atom stereocenters. The van der Waals surface area contributed by atoms with Crippen molar-refractivity contribution in [3.8, 4) is 5.75 Å². The van der Waals surface area contributed by atoms with Gasteiger partial charge in [0.15, 0.2) is 0 Å². The van der Waals surface area contributed by atoms with E-state index in [2.05, 4.69) is 36.7 Å². The van der Waals surface area contributed by atoms with Crippen molar-refractivity contribution in [1.29, 1.82) is 0 Å². The number of benzene rings is 1. The zero-order valence-electron chi connectivity index (χ0n) is 10.4. The standard InChI is InChI=1S/C13H18BrNOS/c1-8(2)6-9(3)16-12-7-10(14)4-5-11(12)13(15)17/h4-5,7-9H,6H2,1-3H3,(H2,15,17). The Morgan fingerprint density at radius 3 is 2.59 bits per heavy atom. The van der Waals surface area contributed by atoms with Gasteiger partial charge in [-0.05, 0) is 37.5 Å². The van der Waals surface area contributed by atoms with Crippen LogP contribution in [0, 0.1) is 5.92 Å². The number of ether oxygens (including phenoxy) is 1. The lowest BCUT2D eigenvalue weighted by Crippen LogP contribution is -2.18. The van der Waals surface area contributed by atoms with Gasteiger partial charge in [-0.15, -0.1) is 0 Å². The summed E-state index contributed by atoms with van der Waals surface area (Å²) in [6.07, 6.45) is 1.15. The first-order valence-corrected chi connectivity index (χ1v) is 6.86. The molecule has 0 saturated carbocycles. The van der Waals surface area contributed by atoms with Gasteiger partial charge in [0, 0.05) is 4.47 Å². The van der Waals surface area contributed by atoms with Gasteiger partial charge in [-0.2, -0.15) is 0 Å². The third kappa shape index (κ3) is 4.64. The van der Waals surface area contributed by atoms with Gasteiger partial charge >= 0.3 is 0 Å². The van der Waals surface area contributed by atoms with Gasteiger partial charge < -0.3 is 10.5 Å². The summed E-state index contributed by atoms with van der Waals surface area (Å²) in [4.78, 5) is 0.365. The molecule has 2 N–H and O–H groups in total. The molecular weight excluding hydrogens is 298 g/mol. The lowest BCUT2D eigenvalue weighted by atomic mass is 10.1. The van der Waals surface area contributed by atoms with Crippen molar-refractivity contribution in [1.82, 2.24) is 0 Å². The van der Waals surface area contributed by atoms with Crippen LogP contribution in [0.3, 0.4) is 0 Å². The van der Waals surface area contributed by atoms with E-state index in [1.54, 1.807) is 0 Å². The number of halogens is 1. The molecule has 0 saturated heterocycles. The van der Waals surface area contributed by atoms with Crippen LogP contribution in [0.5, 0.6) is 5.75 Å². The lowest BCUT2D eigenvalue weighted by Gasteiger charge is -2.19. The maximum absolute atomic E-state index is 5.90. The topological polar surface area (TPSA) is 35.2 Å². The van der Waals surface area contributed by atoms with Crippen LogP contribution in [0.4, 0.5) is 0 Å². The molecule has 0 amide bonds. The van der Waals surface area contributed by atoms with Gasteiger partial charge in [0.1, 0.15) is 10.7 Å². The van der Waals surface area contributed by atoms with Crippen molar-refractivity contribution in [3.63, 3.8) is 0 Å². The molecule has 0 aromatic heterocycles. The lowest BCUT2D eigenvalue weighted by molar-refractivity contribution is 0.193. The predicted molar refractivity (Wildman–Crippen MR) is 79.6 cm³/mol. The molecule has 0 aliphatic heterocycles. The van der Waals surface area contributed by atoms with E-state index < -0.39 is 0 Å². The summed E-state index contributed by atoms with van der Waals surface area (Å²) in [6.45, 7) is 6.41. The Morgan fingerprint density at radius 2 is 2.06 bits per heavy atom. The molecule has 17 heavy (non-hydrogen) atoms. The maximum Gasteiger partial charge on any atom is 0.130 e. The first-order chi connectivity index (χ1) is 7.90. The first kappa shape index (κ1) is 14.5. The van der Waals surface area contributed by atoms with Crippen molar-refractivity contribution in [3.05, 3.63) is 28.2 Å². The van der Waals surface area contributed by atoms with Crippen LogP contribution in [0.25, 0.3) is 0 Å². The van der Waals surface area contributed by atoms with Crippen molar-refractivity contribution >= 4 is 33.1 Å². The minimum absolute atomic E-state index is 0.150. The fourth-order valence-electron chi connectivity index (χ4n) is 1.73. The van der Waals surface area contributed by atoms with Crippen LogP contribution in [0.1, 0.15) is 32.8 Å². The van der Waals surface area contributed by atoms with E-state index in [1.165, 1.54) is 0 Å². The predicted octanol–water partition coefficient (Wildman–Crippen LogP) is 3.90. The summed E-state index contributed by atoms with van der Waals surface area (Å²) in [5.41, 5.74) is 6.47. The third-order valence-corrected chi connectivity index (χ3v) is 3.05. The number of thiocarbonyl (C=S) groups is 1. The second-order valence-corrected chi connectivity index (χ2v) is 5.92. The number of hydrogen-bond acceptors (Lipinski definition) is 2. The number of hydrogen-bond donors (Lipinski definition) is 1. The van der Waals surface area contributed by atoms with Crippen molar-refractivity contribution < 1.29 is 4.74 Å². The molecule has 0 radical (unpaired) electrons. The van der Waals surface area contributed by atoms with E-state index >= 15 is 0 Å². The Kier molecular flexibility index (Phi) is 5.40. The van der Waals surface area contributed by atoms with E-state index in [1.807, 2.05) is 18.2 Å². The van der Waals surface area contributed by atoms with Gasteiger partial charge in [0.25, 0.3) is 0 Å². The van der Waals surface area contributed by atoms with Crippen molar-refractivity contribution in [2.24, 2.45) is 11.7 Å². The zero-order chi connectivity index (χ0) is 13.0. The third-order valence-electron chi connectivity index (χ3n) is 2.34. The summed E-state index contributed by atoms with van der Waals surface area (Å²) in [7, 11) is 0.